The van der Waals surface area contributed by atoms with Gasteiger partial charge in [-0.25, -0.2) is 0 Å². The highest BCUT2D eigenvalue weighted by Crippen LogP contribution is 2.62. The van der Waals surface area contributed by atoms with Gasteiger partial charge in [-0.1, -0.05) is 20.8 Å². The number of carboxylic acids is 7. The topological polar surface area (TPSA) is 310 Å². The van der Waals surface area contributed by atoms with Gasteiger partial charge in [-0.15, -0.1) is 0 Å². The van der Waals surface area contributed by atoms with Crippen LogP contribution in [0.25, 0.3) is 0 Å². The maximum absolute atomic E-state index is 13.1. The zero-order valence-electron chi connectivity index (χ0n) is 37.1. The third-order valence-corrected chi connectivity index (χ3v) is 15.2. The van der Waals surface area contributed by atoms with Gasteiger partial charge in [-0.05, 0) is 82.6 Å². The van der Waals surface area contributed by atoms with Crippen LogP contribution in [0.5, 0.6) is 0 Å². The number of carbonyl (C=O) groups is 7. The summed E-state index contributed by atoms with van der Waals surface area (Å²) < 4.78 is 0. The summed E-state index contributed by atoms with van der Waals surface area (Å²) in [6.45, 7) is 13.9. The number of carboxylic acid groups (broad SMARTS) is 7. The smallest absolute Gasteiger partial charge is 0.304 e. The van der Waals surface area contributed by atoms with Crippen LogP contribution in [0.2, 0.25) is 0 Å². The Morgan fingerprint density at radius 3 is 1.81 bits per heavy atom. The fraction of sp³-hybridized carbons (Fsp3) is 0.644. The summed E-state index contributed by atoms with van der Waals surface area (Å²) in [5, 5.41) is 75.1. The zero-order chi connectivity index (χ0) is 47.4. The molecule has 9 atom stereocenters. The Kier molecular flexibility index (Phi) is 13.1. The molecule has 63 heavy (non-hydrogen) atoms. The van der Waals surface area contributed by atoms with Crippen molar-refractivity contribution in [2.75, 3.05) is 0 Å². The van der Waals surface area contributed by atoms with Gasteiger partial charge in [0.05, 0.1) is 36.4 Å². The van der Waals surface area contributed by atoms with E-state index in [1.807, 2.05) is 13.8 Å². The van der Waals surface area contributed by atoms with Crippen molar-refractivity contribution in [2.24, 2.45) is 49.0 Å². The number of nitrogens with one attached hydrogen (secondary N) is 1. The number of allylic oxidation sites excluding steroid dienone is 3. The average Bonchev–Trinajstić information content (AvgIpc) is 3.75. The zero-order valence-corrected chi connectivity index (χ0v) is 37.1. The lowest BCUT2D eigenvalue weighted by molar-refractivity contribution is -0.143. The number of fused-ring (bicyclic) bond motifs is 6. The Bertz CT molecular complexity index is 2240. The molecular formula is C45H60N4O14. The van der Waals surface area contributed by atoms with Crippen LogP contribution in [0, 0.1) is 34.0 Å². The van der Waals surface area contributed by atoms with Crippen molar-refractivity contribution >= 4 is 58.9 Å². The van der Waals surface area contributed by atoms with Gasteiger partial charge in [0.25, 0.3) is 0 Å². The fourth-order valence-corrected chi connectivity index (χ4v) is 11.7. The molecule has 0 aromatic carbocycles. The van der Waals surface area contributed by atoms with Gasteiger partial charge in [0.1, 0.15) is 0 Å². The van der Waals surface area contributed by atoms with Crippen LogP contribution in [0.15, 0.2) is 48.7 Å². The van der Waals surface area contributed by atoms with E-state index in [2.05, 4.69) is 5.32 Å². The van der Waals surface area contributed by atoms with Gasteiger partial charge < -0.3 is 41.1 Å². The summed E-state index contributed by atoms with van der Waals surface area (Å²) in [6, 6.07) is -1.13. The van der Waals surface area contributed by atoms with E-state index >= 15 is 0 Å². The molecule has 0 saturated carbocycles. The van der Waals surface area contributed by atoms with Crippen molar-refractivity contribution in [1.82, 2.24) is 5.32 Å². The van der Waals surface area contributed by atoms with E-state index in [4.69, 9.17) is 15.0 Å². The number of aliphatic imine (C=N–C) groups is 3. The van der Waals surface area contributed by atoms with Crippen LogP contribution in [-0.4, -0.2) is 112 Å². The van der Waals surface area contributed by atoms with Crippen molar-refractivity contribution < 1.29 is 69.3 Å². The molecule has 5 heterocycles. The van der Waals surface area contributed by atoms with E-state index in [-0.39, 0.29) is 57.1 Å². The molecule has 18 heteroatoms. The van der Waals surface area contributed by atoms with E-state index < -0.39 is 119 Å². The number of rotatable bonds is 18. The number of nitrogens with zero attached hydrogens (tertiary/aromatic N) is 3. The molecule has 5 aliphatic heterocycles. The van der Waals surface area contributed by atoms with Crippen LogP contribution < -0.4 is 5.32 Å². The number of hydrogen-bond acceptors (Lipinski definition) is 11. The predicted molar refractivity (Wildman–Crippen MR) is 228 cm³/mol. The quantitative estimate of drug-likeness (QED) is 0.0800. The molecule has 18 nitrogen and oxygen atoms in total. The average molecular weight is 881 g/mol. The Balaban J connectivity index is 2.00. The summed E-state index contributed by atoms with van der Waals surface area (Å²) in [5.41, 5.74) is -2.82. The minimum atomic E-state index is -1.62. The van der Waals surface area contributed by atoms with E-state index in [0.717, 1.165) is 0 Å². The summed E-state index contributed by atoms with van der Waals surface area (Å²) in [5.74, 6) is -10.9. The minimum Gasteiger partial charge on any atom is -0.481 e. The molecule has 0 fully saturated rings. The molecule has 344 valence electrons. The normalized spacial score (nSPS) is 33.6. The molecule has 0 aromatic heterocycles. The molecule has 0 saturated heterocycles. The third-order valence-electron chi connectivity index (χ3n) is 15.2. The molecular weight excluding hydrogens is 821 g/mol. The van der Waals surface area contributed by atoms with Gasteiger partial charge in [0, 0.05) is 94.6 Å². The lowest BCUT2D eigenvalue weighted by Crippen LogP contribution is -2.55. The molecule has 0 amide bonds. The molecule has 5 aliphatic rings. The molecule has 8 bridgehead atoms. The summed E-state index contributed by atoms with van der Waals surface area (Å²) in [6.07, 6.45) is -3.24. The van der Waals surface area contributed by atoms with Crippen molar-refractivity contribution in [3.05, 3.63) is 33.7 Å². The largest absolute Gasteiger partial charge is 0.481 e. The Labute approximate surface area is 365 Å². The van der Waals surface area contributed by atoms with Crippen LogP contribution >= 0.6 is 0 Å². The standard InChI is InChI=1S/C45H60N4O14/c1-21-36-24(9-12-29(50)51)23(3)44(7,48-36)18-28-25(10-13-30(52)53)42(5,19-34(60)61)39(46-28)22(2)37-26(11-14-31(54)55)43(6,20-35(62)63)45(8,49-37)40-27(17-33(58)59)41(4,38(21)47-40)16-15-32(56)57/h21,26-27,40,46H,9-20H2,1-8H3,(H,50,51)(H,52,53)(H,54,55)(H,56,57)(H,58,59)(H,60,61)(H,62,63). The molecule has 9 unspecified atom stereocenters. The summed E-state index contributed by atoms with van der Waals surface area (Å²) in [7, 11) is 0. The first-order valence-corrected chi connectivity index (χ1v) is 21.3. The fourth-order valence-electron chi connectivity index (χ4n) is 11.7. The monoisotopic (exact) mass is 880 g/mol. The number of aliphatic carboxylic acids is 7. The Hall–Kier alpha value is -5.68. The van der Waals surface area contributed by atoms with Crippen LogP contribution in [-0.2, 0) is 33.6 Å². The van der Waals surface area contributed by atoms with Crippen molar-refractivity contribution in [3.8, 4) is 0 Å². The molecule has 0 aromatic rings. The lowest BCUT2D eigenvalue weighted by Gasteiger charge is -2.48. The van der Waals surface area contributed by atoms with E-state index in [1.54, 1.807) is 41.5 Å². The van der Waals surface area contributed by atoms with Crippen LogP contribution in [0.1, 0.15) is 132 Å². The van der Waals surface area contributed by atoms with E-state index in [1.165, 1.54) is 0 Å². The van der Waals surface area contributed by atoms with Gasteiger partial charge in [0.2, 0.25) is 0 Å². The SMILES string of the molecule is CC1=C2NC(=C(CCC(=O)O)C2(C)CC(=O)O)CC2(C)N=C(C(CCC(=O)O)=C2C)C(C)C2=NC(C(CC(=O)O)C2(C)CCC(=O)O)C2(C)N=C1C(CCC(=O)O)C2(C)CC(=O)O. The van der Waals surface area contributed by atoms with E-state index in [0.29, 0.717) is 45.1 Å². The maximum atomic E-state index is 13.1. The second-order valence-corrected chi connectivity index (χ2v) is 19.1. The van der Waals surface area contributed by atoms with Crippen molar-refractivity contribution in [3.63, 3.8) is 0 Å². The van der Waals surface area contributed by atoms with Gasteiger partial charge >= 0.3 is 41.8 Å². The van der Waals surface area contributed by atoms with Gasteiger partial charge in [-0.2, -0.15) is 0 Å². The third kappa shape index (κ3) is 8.56. The van der Waals surface area contributed by atoms with Gasteiger partial charge in [0.15, 0.2) is 0 Å². The first-order chi connectivity index (χ1) is 29.1. The molecule has 8 N–H and O–H groups in total. The molecule has 0 aliphatic carbocycles. The second kappa shape index (κ2) is 17.1. The van der Waals surface area contributed by atoms with E-state index in [9.17, 15) is 69.3 Å². The molecule has 0 spiro atoms. The highest BCUT2D eigenvalue weighted by atomic mass is 16.4. The predicted octanol–water partition coefficient (Wildman–Crippen LogP) is 5.86. The summed E-state index contributed by atoms with van der Waals surface area (Å²) >= 11 is 0. The van der Waals surface area contributed by atoms with Gasteiger partial charge in [-0.3, -0.25) is 48.5 Å². The van der Waals surface area contributed by atoms with Crippen LogP contribution in [0.3, 0.4) is 0 Å². The first kappa shape index (κ1) is 48.4. The van der Waals surface area contributed by atoms with Crippen molar-refractivity contribution in [1.29, 1.82) is 0 Å². The lowest BCUT2D eigenvalue weighted by atomic mass is 9.55. The second-order valence-electron chi connectivity index (χ2n) is 19.1. The maximum Gasteiger partial charge on any atom is 0.304 e. The molecule has 0 radical (unpaired) electrons. The summed E-state index contributed by atoms with van der Waals surface area (Å²) in [4.78, 5) is 104. The molecule has 5 rings (SSSR count). The highest BCUT2D eigenvalue weighted by molar-refractivity contribution is 6.18. The highest BCUT2D eigenvalue weighted by Gasteiger charge is 2.66. The Morgan fingerprint density at radius 1 is 0.698 bits per heavy atom. The first-order valence-electron chi connectivity index (χ1n) is 21.3. The Morgan fingerprint density at radius 2 is 1.27 bits per heavy atom. The minimum absolute atomic E-state index is 0.0354. The van der Waals surface area contributed by atoms with Crippen LogP contribution in [0.4, 0.5) is 0 Å². The number of hydrogen-bond donors (Lipinski definition) is 8. The van der Waals surface area contributed by atoms with Crippen molar-refractivity contribution in [2.45, 2.75) is 150 Å².